The van der Waals surface area contributed by atoms with Crippen LogP contribution >= 0.6 is 0 Å². The second-order valence-corrected chi connectivity index (χ2v) is 12.2. The van der Waals surface area contributed by atoms with Crippen LogP contribution in [0.25, 0.3) is 0 Å². The number of carbonyl (C=O) groups is 4. The van der Waals surface area contributed by atoms with Crippen LogP contribution in [0.4, 0.5) is 4.79 Å². The van der Waals surface area contributed by atoms with Gasteiger partial charge in [-0.05, 0) is 72.1 Å². The van der Waals surface area contributed by atoms with Crippen molar-refractivity contribution in [2.75, 3.05) is 19.7 Å². The van der Waals surface area contributed by atoms with Gasteiger partial charge in [-0.3, -0.25) is 9.59 Å². The molecule has 2 aromatic carbocycles. The Hall–Kier alpha value is -3.92. The van der Waals surface area contributed by atoms with Gasteiger partial charge < -0.3 is 30.1 Å². The highest BCUT2D eigenvalue weighted by Gasteiger charge is 2.36. The van der Waals surface area contributed by atoms with E-state index < -0.39 is 60.3 Å². The van der Waals surface area contributed by atoms with Gasteiger partial charge in [-0.25, -0.2) is 9.59 Å². The maximum atomic E-state index is 14.1. The molecule has 10 nitrogen and oxygen atoms in total. The SMILES string of the molecule is Cc1ccc(C(C(=O)NC(Cc2ccccc2)C(=O)OC(C)(C)C)N(CCO)C(=O)CNC(=O)OC(C)(C)C)c(C)c1. The lowest BCUT2D eigenvalue weighted by Crippen LogP contribution is -2.52. The van der Waals surface area contributed by atoms with Crippen molar-refractivity contribution < 1.29 is 33.8 Å². The first kappa shape index (κ1) is 34.3. The fraction of sp³-hybridized carbons (Fsp3) is 0.500. The van der Waals surface area contributed by atoms with E-state index in [1.807, 2.05) is 56.3 Å². The molecule has 230 valence electrons. The van der Waals surface area contributed by atoms with E-state index in [0.717, 1.165) is 16.7 Å². The largest absolute Gasteiger partial charge is 0.458 e. The van der Waals surface area contributed by atoms with Crippen LogP contribution in [0.3, 0.4) is 0 Å². The molecule has 2 aromatic rings. The third-order valence-electron chi connectivity index (χ3n) is 6.01. The number of aryl methyl sites for hydroxylation is 2. The Kier molecular flexibility index (Phi) is 12.1. The lowest BCUT2D eigenvalue weighted by Gasteiger charge is -2.33. The summed E-state index contributed by atoms with van der Waals surface area (Å²) in [6.45, 7) is 12.9. The number of benzene rings is 2. The second kappa shape index (κ2) is 14.8. The number of alkyl carbamates (subject to hydrolysis) is 1. The summed E-state index contributed by atoms with van der Waals surface area (Å²) in [5.41, 5.74) is 1.45. The minimum Gasteiger partial charge on any atom is -0.458 e. The Labute approximate surface area is 248 Å². The van der Waals surface area contributed by atoms with Crippen LogP contribution in [0.5, 0.6) is 0 Å². The molecule has 0 aliphatic carbocycles. The van der Waals surface area contributed by atoms with Crippen molar-refractivity contribution >= 4 is 23.9 Å². The van der Waals surface area contributed by atoms with Crippen molar-refractivity contribution in [2.45, 2.75) is 85.1 Å². The Balaban J connectivity index is 2.47. The predicted molar refractivity (Wildman–Crippen MR) is 160 cm³/mol. The minimum absolute atomic E-state index is 0.162. The molecule has 3 N–H and O–H groups in total. The summed E-state index contributed by atoms with van der Waals surface area (Å²) in [5, 5.41) is 15.1. The van der Waals surface area contributed by atoms with E-state index in [-0.39, 0.29) is 13.0 Å². The van der Waals surface area contributed by atoms with Gasteiger partial charge in [-0.2, -0.15) is 0 Å². The molecular weight excluding hydrogens is 538 g/mol. The zero-order chi connectivity index (χ0) is 31.7. The molecule has 0 aromatic heterocycles. The molecule has 2 rings (SSSR count). The van der Waals surface area contributed by atoms with Gasteiger partial charge in [0.15, 0.2) is 0 Å². The molecule has 0 saturated carbocycles. The van der Waals surface area contributed by atoms with Crippen LogP contribution in [0.1, 0.15) is 69.8 Å². The van der Waals surface area contributed by atoms with E-state index >= 15 is 0 Å². The maximum absolute atomic E-state index is 14.1. The van der Waals surface area contributed by atoms with Crippen molar-refractivity contribution in [1.29, 1.82) is 0 Å². The third-order valence-corrected chi connectivity index (χ3v) is 6.01. The molecule has 0 bridgehead atoms. The van der Waals surface area contributed by atoms with Crippen LogP contribution in [0, 0.1) is 13.8 Å². The minimum atomic E-state index is -1.22. The molecule has 0 radical (unpaired) electrons. The summed E-state index contributed by atoms with van der Waals surface area (Å²) in [4.78, 5) is 54.3. The fourth-order valence-corrected chi connectivity index (χ4v) is 4.32. The van der Waals surface area contributed by atoms with Crippen molar-refractivity contribution in [2.24, 2.45) is 0 Å². The normalized spacial score (nSPS) is 13.0. The molecule has 0 spiro atoms. The number of nitrogens with zero attached hydrogens (tertiary/aromatic N) is 1. The Morgan fingerprint density at radius 1 is 0.905 bits per heavy atom. The van der Waals surface area contributed by atoms with Crippen molar-refractivity contribution in [1.82, 2.24) is 15.5 Å². The molecule has 2 unspecified atom stereocenters. The first-order valence-corrected chi connectivity index (χ1v) is 14.0. The van der Waals surface area contributed by atoms with Gasteiger partial charge in [0.05, 0.1) is 6.61 Å². The van der Waals surface area contributed by atoms with Gasteiger partial charge in [0.1, 0.15) is 29.8 Å². The summed E-state index contributed by atoms with van der Waals surface area (Å²) in [6.07, 6.45) is -0.630. The smallest absolute Gasteiger partial charge is 0.408 e. The molecule has 0 saturated heterocycles. The molecular formula is C32H45N3O7. The van der Waals surface area contributed by atoms with E-state index in [2.05, 4.69) is 10.6 Å². The lowest BCUT2D eigenvalue weighted by molar-refractivity contribution is -0.159. The summed E-state index contributed by atoms with van der Waals surface area (Å²) < 4.78 is 10.8. The highest BCUT2D eigenvalue weighted by Crippen LogP contribution is 2.26. The van der Waals surface area contributed by atoms with Crippen molar-refractivity contribution in [3.05, 3.63) is 70.8 Å². The number of nitrogens with one attached hydrogen (secondary N) is 2. The zero-order valence-electron chi connectivity index (χ0n) is 25.9. The molecule has 0 heterocycles. The molecule has 0 aliphatic rings. The Morgan fingerprint density at radius 2 is 1.52 bits per heavy atom. The highest BCUT2D eigenvalue weighted by atomic mass is 16.6. The van der Waals surface area contributed by atoms with Gasteiger partial charge >= 0.3 is 12.1 Å². The highest BCUT2D eigenvalue weighted by molar-refractivity contribution is 5.93. The maximum Gasteiger partial charge on any atom is 0.408 e. The van der Waals surface area contributed by atoms with Gasteiger partial charge in [-0.15, -0.1) is 0 Å². The zero-order valence-corrected chi connectivity index (χ0v) is 25.9. The lowest BCUT2D eigenvalue weighted by atomic mass is 9.96. The number of hydrogen-bond acceptors (Lipinski definition) is 7. The molecule has 2 atom stereocenters. The predicted octanol–water partition coefficient (Wildman–Crippen LogP) is 3.76. The number of hydrogen-bond donors (Lipinski definition) is 3. The fourth-order valence-electron chi connectivity index (χ4n) is 4.32. The summed E-state index contributed by atoms with van der Waals surface area (Å²) in [5.74, 6) is -1.87. The number of amides is 3. The number of aliphatic hydroxyl groups is 1. The Morgan fingerprint density at radius 3 is 2.07 bits per heavy atom. The third kappa shape index (κ3) is 11.2. The average Bonchev–Trinajstić information content (AvgIpc) is 2.86. The number of esters is 1. The second-order valence-electron chi connectivity index (χ2n) is 12.2. The first-order valence-electron chi connectivity index (χ1n) is 14.0. The standard InChI is InChI=1S/C32H45N3O7/c1-21-14-15-24(22(2)18-21)27(35(16-17-36)26(37)20-33-30(40)42-32(6,7)8)28(38)34-25(29(39)41-31(3,4)5)19-23-12-10-9-11-13-23/h9-15,18,25,27,36H,16-17,19-20H2,1-8H3,(H,33,40)(H,34,38). The van der Waals surface area contributed by atoms with Gasteiger partial charge in [0.25, 0.3) is 0 Å². The van der Waals surface area contributed by atoms with E-state index in [9.17, 15) is 24.3 Å². The van der Waals surface area contributed by atoms with Crippen LogP contribution in [0.2, 0.25) is 0 Å². The average molecular weight is 584 g/mol. The molecule has 3 amide bonds. The summed E-state index contributed by atoms with van der Waals surface area (Å²) in [6, 6.07) is 12.4. The summed E-state index contributed by atoms with van der Waals surface area (Å²) in [7, 11) is 0. The molecule has 0 aliphatic heterocycles. The molecule has 42 heavy (non-hydrogen) atoms. The quantitative estimate of drug-likeness (QED) is 0.343. The van der Waals surface area contributed by atoms with Crippen molar-refractivity contribution in [3.63, 3.8) is 0 Å². The van der Waals surface area contributed by atoms with Crippen LogP contribution < -0.4 is 10.6 Å². The summed E-state index contributed by atoms with van der Waals surface area (Å²) >= 11 is 0. The number of carbonyl (C=O) groups excluding carboxylic acids is 4. The van der Waals surface area contributed by atoms with Gasteiger partial charge in [0, 0.05) is 13.0 Å². The number of aliphatic hydroxyl groups excluding tert-OH is 1. The molecule has 10 heteroatoms. The van der Waals surface area contributed by atoms with Crippen LogP contribution in [0.15, 0.2) is 48.5 Å². The number of rotatable bonds is 11. The van der Waals surface area contributed by atoms with Gasteiger partial charge in [0.2, 0.25) is 11.8 Å². The monoisotopic (exact) mass is 583 g/mol. The van der Waals surface area contributed by atoms with E-state index in [0.29, 0.717) is 5.56 Å². The molecule has 0 fully saturated rings. The first-order chi connectivity index (χ1) is 19.5. The van der Waals surface area contributed by atoms with Crippen molar-refractivity contribution in [3.8, 4) is 0 Å². The van der Waals surface area contributed by atoms with E-state index in [1.54, 1.807) is 47.6 Å². The van der Waals surface area contributed by atoms with Crippen LogP contribution in [-0.2, 0) is 30.3 Å². The van der Waals surface area contributed by atoms with Crippen LogP contribution in [-0.4, -0.2) is 70.8 Å². The topological polar surface area (TPSA) is 134 Å². The van der Waals surface area contributed by atoms with E-state index in [4.69, 9.17) is 9.47 Å². The van der Waals surface area contributed by atoms with E-state index in [1.165, 1.54) is 4.90 Å². The number of ether oxygens (including phenoxy) is 2. The Bertz CT molecular complexity index is 1230. The van der Waals surface area contributed by atoms with Gasteiger partial charge in [-0.1, -0.05) is 54.1 Å².